The molecule has 2 nitrogen and oxygen atoms in total. The van der Waals surface area contributed by atoms with Crippen molar-refractivity contribution in [2.75, 3.05) is 19.6 Å². The lowest BCUT2D eigenvalue weighted by Crippen LogP contribution is -2.41. The molecule has 0 aromatic rings. The highest BCUT2D eigenvalue weighted by molar-refractivity contribution is 4.79. The van der Waals surface area contributed by atoms with Gasteiger partial charge in [0.1, 0.15) is 0 Å². The first kappa shape index (κ1) is 13.0. The smallest absolute Gasteiger partial charge is 0.00695 e. The van der Waals surface area contributed by atoms with Gasteiger partial charge in [-0.15, -0.1) is 0 Å². The Morgan fingerprint density at radius 3 is 2.40 bits per heavy atom. The molecule has 1 unspecified atom stereocenters. The molecule has 0 amide bonds. The predicted molar refractivity (Wildman–Crippen MR) is 67.3 cm³/mol. The third kappa shape index (κ3) is 4.98. The summed E-state index contributed by atoms with van der Waals surface area (Å²) in [5, 5.41) is 3.71. The molecule has 2 heteroatoms. The van der Waals surface area contributed by atoms with Gasteiger partial charge in [0.15, 0.2) is 0 Å². The molecule has 1 atom stereocenters. The summed E-state index contributed by atoms with van der Waals surface area (Å²) in [5.41, 5.74) is 0. The van der Waals surface area contributed by atoms with Crippen molar-refractivity contribution in [3.63, 3.8) is 0 Å². The number of rotatable bonds is 8. The minimum Gasteiger partial charge on any atom is -0.312 e. The van der Waals surface area contributed by atoms with E-state index in [1.54, 1.807) is 0 Å². The maximum absolute atomic E-state index is 3.71. The van der Waals surface area contributed by atoms with Gasteiger partial charge in [0, 0.05) is 12.1 Å². The molecule has 0 spiro atoms. The standard InChI is InChI=1S/C13H28N2/c1-4-15(5-2)11-7-8-12(3)14-13-9-6-10-13/h12-14H,4-11H2,1-3H3. The lowest BCUT2D eigenvalue weighted by atomic mass is 9.92. The molecule has 0 saturated heterocycles. The number of nitrogens with zero attached hydrogens (tertiary/aromatic N) is 1. The van der Waals surface area contributed by atoms with Crippen molar-refractivity contribution >= 4 is 0 Å². The zero-order valence-corrected chi connectivity index (χ0v) is 10.8. The van der Waals surface area contributed by atoms with E-state index in [9.17, 15) is 0 Å². The maximum Gasteiger partial charge on any atom is 0.00695 e. The van der Waals surface area contributed by atoms with Crippen LogP contribution >= 0.6 is 0 Å². The van der Waals surface area contributed by atoms with Gasteiger partial charge in [0.25, 0.3) is 0 Å². The largest absolute Gasteiger partial charge is 0.312 e. The SMILES string of the molecule is CCN(CC)CCCC(C)NC1CCC1. The molecule has 15 heavy (non-hydrogen) atoms. The lowest BCUT2D eigenvalue weighted by molar-refractivity contribution is 0.272. The number of hydrogen-bond donors (Lipinski definition) is 1. The first-order chi connectivity index (χ1) is 7.26. The zero-order chi connectivity index (χ0) is 11.1. The Balaban J connectivity index is 1.97. The van der Waals surface area contributed by atoms with Crippen LogP contribution in [0.25, 0.3) is 0 Å². The van der Waals surface area contributed by atoms with Crippen molar-refractivity contribution in [2.45, 2.75) is 65.0 Å². The second-order valence-electron chi connectivity index (χ2n) is 4.86. The van der Waals surface area contributed by atoms with Crippen molar-refractivity contribution in [1.29, 1.82) is 0 Å². The second-order valence-corrected chi connectivity index (χ2v) is 4.86. The summed E-state index contributed by atoms with van der Waals surface area (Å²) in [4.78, 5) is 2.51. The third-order valence-electron chi connectivity index (χ3n) is 3.63. The molecule has 1 saturated carbocycles. The monoisotopic (exact) mass is 212 g/mol. The highest BCUT2D eigenvalue weighted by Gasteiger charge is 2.18. The van der Waals surface area contributed by atoms with Gasteiger partial charge >= 0.3 is 0 Å². The Kier molecular flexibility index (Phi) is 6.26. The Morgan fingerprint density at radius 2 is 1.93 bits per heavy atom. The first-order valence-electron chi connectivity index (χ1n) is 6.74. The van der Waals surface area contributed by atoms with Gasteiger partial charge in [-0.3, -0.25) is 0 Å². The summed E-state index contributed by atoms with van der Waals surface area (Å²) in [5.74, 6) is 0. The summed E-state index contributed by atoms with van der Waals surface area (Å²) >= 11 is 0. The molecule has 0 aromatic carbocycles. The second kappa shape index (κ2) is 7.24. The van der Waals surface area contributed by atoms with Crippen LogP contribution < -0.4 is 5.32 Å². The molecule has 0 heterocycles. The van der Waals surface area contributed by atoms with Crippen LogP contribution in [0, 0.1) is 0 Å². The normalized spacial score (nSPS) is 19.2. The van der Waals surface area contributed by atoms with Gasteiger partial charge < -0.3 is 10.2 Å². The van der Waals surface area contributed by atoms with Crippen LogP contribution in [0.5, 0.6) is 0 Å². The van der Waals surface area contributed by atoms with Crippen LogP contribution in [0.3, 0.4) is 0 Å². The quantitative estimate of drug-likeness (QED) is 0.665. The van der Waals surface area contributed by atoms with E-state index in [2.05, 4.69) is 31.0 Å². The Labute approximate surface area is 95.4 Å². The van der Waals surface area contributed by atoms with E-state index >= 15 is 0 Å². The Bertz CT molecular complexity index is 151. The topological polar surface area (TPSA) is 15.3 Å². The minimum absolute atomic E-state index is 0.714. The molecule has 1 fully saturated rings. The third-order valence-corrected chi connectivity index (χ3v) is 3.63. The molecule has 90 valence electrons. The molecule has 1 aliphatic carbocycles. The van der Waals surface area contributed by atoms with E-state index < -0.39 is 0 Å². The molecule has 1 N–H and O–H groups in total. The van der Waals surface area contributed by atoms with E-state index in [1.807, 2.05) is 0 Å². The van der Waals surface area contributed by atoms with E-state index in [0.29, 0.717) is 6.04 Å². The van der Waals surface area contributed by atoms with E-state index in [4.69, 9.17) is 0 Å². The van der Waals surface area contributed by atoms with Crippen LogP contribution in [-0.2, 0) is 0 Å². The van der Waals surface area contributed by atoms with Crippen LogP contribution in [0.4, 0.5) is 0 Å². The van der Waals surface area contributed by atoms with E-state index in [-0.39, 0.29) is 0 Å². The zero-order valence-electron chi connectivity index (χ0n) is 10.8. The summed E-state index contributed by atoms with van der Waals surface area (Å²) < 4.78 is 0. The van der Waals surface area contributed by atoms with Crippen molar-refractivity contribution in [3.8, 4) is 0 Å². The average Bonchev–Trinajstić information content (AvgIpc) is 2.18. The van der Waals surface area contributed by atoms with Crippen molar-refractivity contribution in [1.82, 2.24) is 10.2 Å². The fourth-order valence-corrected chi connectivity index (χ4v) is 2.22. The van der Waals surface area contributed by atoms with Crippen LogP contribution in [0.1, 0.15) is 52.9 Å². The number of hydrogen-bond acceptors (Lipinski definition) is 2. The molecule has 0 bridgehead atoms. The summed E-state index contributed by atoms with van der Waals surface area (Å²) in [6.07, 6.45) is 6.90. The van der Waals surface area contributed by atoms with Gasteiger partial charge in [-0.2, -0.15) is 0 Å². The van der Waals surface area contributed by atoms with Crippen LogP contribution in [0.15, 0.2) is 0 Å². The van der Waals surface area contributed by atoms with Gasteiger partial charge in [-0.25, -0.2) is 0 Å². The molecule has 0 radical (unpaired) electrons. The Morgan fingerprint density at radius 1 is 1.27 bits per heavy atom. The minimum atomic E-state index is 0.714. The molecular formula is C13H28N2. The first-order valence-corrected chi connectivity index (χ1v) is 6.74. The van der Waals surface area contributed by atoms with Gasteiger partial charge in [-0.05, 0) is 52.2 Å². The van der Waals surface area contributed by atoms with Gasteiger partial charge in [-0.1, -0.05) is 20.3 Å². The van der Waals surface area contributed by atoms with Crippen molar-refractivity contribution in [3.05, 3.63) is 0 Å². The van der Waals surface area contributed by atoms with Crippen molar-refractivity contribution < 1.29 is 0 Å². The molecule has 1 rings (SSSR count). The fraction of sp³-hybridized carbons (Fsp3) is 1.00. The van der Waals surface area contributed by atoms with Crippen LogP contribution in [-0.4, -0.2) is 36.6 Å². The summed E-state index contributed by atoms with van der Waals surface area (Å²) in [6, 6.07) is 1.55. The predicted octanol–water partition coefficient (Wildman–Crippen LogP) is 2.64. The molecular weight excluding hydrogens is 184 g/mol. The maximum atomic E-state index is 3.71. The van der Waals surface area contributed by atoms with Crippen molar-refractivity contribution in [2.24, 2.45) is 0 Å². The van der Waals surface area contributed by atoms with Gasteiger partial charge in [0.2, 0.25) is 0 Å². The summed E-state index contributed by atoms with van der Waals surface area (Å²) in [7, 11) is 0. The molecule has 0 aliphatic heterocycles. The lowest BCUT2D eigenvalue weighted by Gasteiger charge is -2.30. The van der Waals surface area contributed by atoms with Gasteiger partial charge in [0.05, 0.1) is 0 Å². The Hall–Kier alpha value is -0.0800. The number of nitrogens with one attached hydrogen (secondary N) is 1. The fourth-order valence-electron chi connectivity index (χ4n) is 2.22. The van der Waals surface area contributed by atoms with E-state index in [1.165, 1.54) is 51.7 Å². The summed E-state index contributed by atoms with van der Waals surface area (Å²) in [6.45, 7) is 10.5. The highest BCUT2D eigenvalue weighted by atomic mass is 15.1. The average molecular weight is 212 g/mol. The molecule has 1 aliphatic rings. The highest BCUT2D eigenvalue weighted by Crippen LogP contribution is 2.19. The van der Waals surface area contributed by atoms with Crippen LogP contribution in [0.2, 0.25) is 0 Å². The van der Waals surface area contributed by atoms with E-state index in [0.717, 1.165) is 6.04 Å². The molecule has 0 aromatic heterocycles.